The molecule has 0 aliphatic heterocycles. The zero-order valence-electron chi connectivity index (χ0n) is 14.2. The third-order valence-electron chi connectivity index (χ3n) is 2.08. The zero-order valence-corrected chi connectivity index (χ0v) is 14.2. The molecule has 2 heteroatoms. The van der Waals surface area contributed by atoms with E-state index in [1.54, 1.807) is 6.92 Å². The summed E-state index contributed by atoms with van der Waals surface area (Å²) in [5.41, 5.74) is 5.25. The van der Waals surface area contributed by atoms with Crippen LogP contribution in [0.15, 0.2) is 55.1 Å². The lowest BCUT2D eigenvalue weighted by molar-refractivity contribution is -0.136. The summed E-state index contributed by atoms with van der Waals surface area (Å²) in [5, 5.41) is 0. The van der Waals surface area contributed by atoms with E-state index in [0.29, 0.717) is 5.57 Å². The van der Waals surface area contributed by atoms with Crippen molar-refractivity contribution in [2.45, 2.75) is 34.6 Å². The van der Waals surface area contributed by atoms with Crippen LogP contribution in [0.1, 0.15) is 38.8 Å². The fraction of sp³-hybridized carbons (Fsp3) is 0.316. The van der Waals surface area contributed by atoms with Gasteiger partial charge in [0.25, 0.3) is 0 Å². The van der Waals surface area contributed by atoms with E-state index in [1.807, 2.05) is 20.8 Å². The Labute approximate surface area is 129 Å². The van der Waals surface area contributed by atoms with Crippen molar-refractivity contribution in [1.82, 2.24) is 0 Å². The fourth-order valence-corrected chi connectivity index (χ4v) is 1.01. The molecule has 0 spiro atoms. The molecule has 0 heterocycles. The van der Waals surface area contributed by atoms with Gasteiger partial charge in [-0.1, -0.05) is 54.1 Å². The van der Waals surface area contributed by atoms with Crippen LogP contribution >= 0.6 is 0 Å². The quantitative estimate of drug-likeness (QED) is 0.417. The highest BCUT2D eigenvalue weighted by Crippen LogP contribution is 2.11. The highest BCUT2D eigenvalue weighted by atomic mass is 16.5. The van der Waals surface area contributed by atoms with Gasteiger partial charge in [-0.3, -0.25) is 0 Å². The Hall–Kier alpha value is -2.09. The van der Waals surface area contributed by atoms with Gasteiger partial charge in [-0.15, -0.1) is 6.58 Å². The lowest BCUT2D eigenvalue weighted by Crippen LogP contribution is -1.98. The topological polar surface area (TPSA) is 26.3 Å². The zero-order chi connectivity index (χ0) is 17.0. The molecule has 0 saturated carbocycles. The average molecular weight is 288 g/mol. The second kappa shape index (κ2) is 11.7. The number of benzene rings is 1. The molecule has 21 heavy (non-hydrogen) atoms. The summed E-state index contributed by atoms with van der Waals surface area (Å²) in [6, 6.07) is 8.39. The van der Waals surface area contributed by atoms with Crippen molar-refractivity contribution in [3.8, 4) is 0 Å². The van der Waals surface area contributed by atoms with Crippen molar-refractivity contribution in [1.29, 1.82) is 0 Å². The first-order valence-electron chi connectivity index (χ1n) is 6.70. The summed E-state index contributed by atoms with van der Waals surface area (Å²) in [6.07, 6.45) is 0. The number of hydrogen-bond donors (Lipinski definition) is 0. The van der Waals surface area contributed by atoms with Gasteiger partial charge >= 0.3 is 5.97 Å². The molecule has 0 amide bonds. The molecule has 0 aromatic heterocycles. The van der Waals surface area contributed by atoms with Crippen LogP contribution in [-0.4, -0.2) is 13.1 Å². The lowest BCUT2D eigenvalue weighted by atomic mass is 10.1. The van der Waals surface area contributed by atoms with Crippen LogP contribution in [-0.2, 0) is 9.53 Å². The molecule has 0 aliphatic carbocycles. The van der Waals surface area contributed by atoms with Crippen LogP contribution in [0.5, 0.6) is 0 Å². The molecule has 0 saturated heterocycles. The Morgan fingerprint density at radius 2 is 1.33 bits per heavy atom. The van der Waals surface area contributed by atoms with Crippen molar-refractivity contribution in [3.63, 3.8) is 0 Å². The van der Waals surface area contributed by atoms with Gasteiger partial charge in [0.2, 0.25) is 0 Å². The molecule has 1 rings (SSSR count). The summed E-state index contributed by atoms with van der Waals surface area (Å²) in [6.45, 7) is 20.4. The molecule has 1 aromatic carbocycles. The molecule has 0 aliphatic rings. The number of carbonyl (C=O) groups is 1. The largest absolute Gasteiger partial charge is 0.466 e. The highest BCUT2D eigenvalue weighted by Gasteiger charge is 1.95. The number of carbonyl (C=O) groups excluding carboxylic acids is 1. The van der Waals surface area contributed by atoms with Crippen molar-refractivity contribution in [3.05, 3.63) is 66.3 Å². The number of aryl methyl sites for hydroxylation is 1. The van der Waals surface area contributed by atoms with Crippen LogP contribution in [0.2, 0.25) is 0 Å². The van der Waals surface area contributed by atoms with Gasteiger partial charge < -0.3 is 4.74 Å². The van der Waals surface area contributed by atoms with Gasteiger partial charge in [-0.2, -0.15) is 0 Å². The van der Waals surface area contributed by atoms with Gasteiger partial charge in [0.15, 0.2) is 0 Å². The Morgan fingerprint density at radius 3 is 1.52 bits per heavy atom. The number of rotatable bonds is 2. The Morgan fingerprint density at radius 1 is 0.952 bits per heavy atom. The van der Waals surface area contributed by atoms with E-state index < -0.39 is 0 Å². The molecule has 0 fully saturated rings. The molecular weight excluding hydrogens is 260 g/mol. The summed E-state index contributed by atoms with van der Waals surface area (Å²) in [4.78, 5) is 10.2. The third kappa shape index (κ3) is 14.1. The molecule has 0 bridgehead atoms. The molecule has 0 atom stereocenters. The van der Waals surface area contributed by atoms with Crippen molar-refractivity contribution in [2.75, 3.05) is 7.11 Å². The van der Waals surface area contributed by atoms with Crippen LogP contribution in [0.4, 0.5) is 0 Å². The van der Waals surface area contributed by atoms with Crippen molar-refractivity contribution >= 4 is 11.5 Å². The van der Waals surface area contributed by atoms with E-state index in [2.05, 4.69) is 55.7 Å². The van der Waals surface area contributed by atoms with E-state index >= 15 is 0 Å². The number of methoxy groups -OCH3 is 1. The molecular formula is C19H28O2. The standard InChI is InChI=1S/C10H12.C5H8O2.C4H8/c1-8(2)10-6-4-9(3)5-7-10;1-4(2)5(6)7-3;1-4(2)3/h4-7H,1H2,2-3H3;1H2,2-3H3;1H2,2-3H3. The molecule has 2 nitrogen and oxygen atoms in total. The smallest absolute Gasteiger partial charge is 0.332 e. The van der Waals surface area contributed by atoms with E-state index in [1.165, 1.54) is 23.8 Å². The van der Waals surface area contributed by atoms with E-state index in [0.717, 1.165) is 5.57 Å². The number of allylic oxidation sites excluding steroid dienone is 2. The summed E-state index contributed by atoms with van der Waals surface area (Å²) >= 11 is 0. The van der Waals surface area contributed by atoms with Gasteiger partial charge in [-0.05, 0) is 40.2 Å². The van der Waals surface area contributed by atoms with Crippen LogP contribution in [0, 0.1) is 6.92 Å². The van der Waals surface area contributed by atoms with E-state index in [4.69, 9.17) is 0 Å². The maximum atomic E-state index is 10.2. The first kappa shape index (κ1) is 21.2. The van der Waals surface area contributed by atoms with Gasteiger partial charge in [0.1, 0.15) is 0 Å². The minimum absolute atomic E-state index is 0.347. The maximum Gasteiger partial charge on any atom is 0.332 e. The Bertz CT molecular complexity index is 475. The Kier molecular flexibility index (Phi) is 11.8. The fourth-order valence-electron chi connectivity index (χ4n) is 1.01. The third-order valence-corrected chi connectivity index (χ3v) is 2.08. The minimum atomic E-state index is -0.347. The number of esters is 1. The SMILES string of the molecule is C=C(C)C.C=C(C)C(=O)OC.C=C(C)c1ccc(C)cc1. The van der Waals surface area contributed by atoms with Crippen molar-refractivity contribution < 1.29 is 9.53 Å². The highest BCUT2D eigenvalue weighted by molar-refractivity contribution is 5.86. The average Bonchev–Trinajstić information content (AvgIpc) is 2.38. The summed E-state index contributed by atoms with van der Waals surface area (Å²) in [7, 11) is 1.33. The molecule has 0 unspecified atom stereocenters. The summed E-state index contributed by atoms with van der Waals surface area (Å²) in [5.74, 6) is -0.347. The van der Waals surface area contributed by atoms with Gasteiger partial charge in [0, 0.05) is 5.57 Å². The normalized spacial score (nSPS) is 8.29. The summed E-state index contributed by atoms with van der Waals surface area (Å²) < 4.78 is 4.27. The molecule has 1 aromatic rings. The van der Waals surface area contributed by atoms with Crippen LogP contribution in [0.25, 0.3) is 5.57 Å². The van der Waals surface area contributed by atoms with Gasteiger partial charge in [0.05, 0.1) is 7.11 Å². The lowest BCUT2D eigenvalue weighted by Gasteiger charge is -1.98. The van der Waals surface area contributed by atoms with Crippen LogP contribution in [0.3, 0.4) is 0 Å². The van der Waals surface area contributed by atoms with Crippen molar-refractivity contribution in [2.24, 2.45) is 0 Å². The number of ether oxygens (including phenoxy) is 1. The van der Waals surface area contributed by atoms with Gasteiger partial charge in [-0.25, -0.2) is 4.79 Å². The molecule has 116 valence electrons. The van der Waals surface area contributed by atoms with Crippen LogP contribution < -0.4 is 0 Å². The Balaban J connectivity index is 0. The maximum absolute atomic E-state index is 10.2. The van der Waals surface area contributed by atoms with E-state index in [9.17, 15) is 4.79 Å². The predicted molar refractivity (Wildman–Crippen MR) is 93.2 cm³/mol. The second-order valence-electron chi connectivity index (χ2n) is 5.13. The molecule has 0 radical (unpaired) electrons. The van der Waals surface area contributed by atoms with E-state index in [-0.39, 0.29) is 5.97 Å². The second-order valence-corrected chi connectivity index (χ2v) is 5.13. The monoisotopic (exact) mass is 288 g/mol. The first-order chi connectivity index (χ1) is 9.61. The predicted octanol–water partition coefficient (Wildman–Crippen LogP) is 5.35. The first-order valence-corrected chi connectivity index (χ1v) is 6.70. The minimum Gasteiger partial charge on any atom is -0.466 e. The molecule has 0 N–H and O–H groups in total. The number of hydrogen-bond acceptors (Lipinski definition) is 2.